The average Bonchev–Trinajstić information content (AvgIpc) is 2.53. The Kier molecular flexibility index (Phi) is 1.34. The zero-order chi connectivity index (χ0) is 10.4. The lowest BCUT2D eigenvalue weighted by Crippen LogP contribution is -2.08. The Labute approximate surface area is 81.4 Å². The van der Waals surface area contributed by atoms with E-state index < -0.39 is 0 Å². The second kappa shape index (κ2) is 2.53. The van der Waals surface area contributed by atoms with Gasteiger partial charge in [-0.1, -0.05) is 0 Å². The summed E-state index contributed by atoms with van der Waals surface area (Å²) in [5.41, 5.74) is 0.256. The summed E-state index contributed by atoms with van der Waals surface area (Å²) in [6.45, 7) is 0. The highest BCUT2D eigenvalue weighted by Crippen LogP contribution is 2.03. The first-order valence-corrected chi connectivity index (χ1v) is 4.20. The van der Waals surface area contributed by atoms with Crippen LogP contribution in [0.5, 0.6) is 0 Å². The van der Waals surface area contributed by atoms with Crippen molar-refractivity contribution in [1.82, 2.24) is 24.3 Å². The summed E-state index contributed by atoms with van der Waals surface area (Å²) in [6, 6.07) is 1.32. The summed E-state index contributed by atoms with van der Waals surface area (Å²) < 4.78 is 1.56. The molecule has 0 atom stereocenters. The lowest BCUT2D eigenvalue weighted by atomic mass is 10.5. The zero-order valence-electron chi connectivity index (χ0n) is 7.39. The lowest BCUT2D eigenvalue weighted by Gasteiger charge is -1.96. The van der Waals surface area contributed by atoms with E-state index in [0.717, 1.165) is 0 Å². The Bertz CT molecular complexity index is 764. The van der Waals surface area contributed by atoms with E-state index in [1.807, 2.05) is 0 Å². The molecule has 0 amide bonds. The monoisotopic (exact) mass is 203 g/mol. The molecule has 74 valence electrons. The molecule has 0 fully saturated rings. The molecule has 3 aromatic rings. The van der Waals surface area contributed by atoms with Gasteiger partial charge in [-0.05, 0) is 0 Å². The fourth-order valence-corrected chi connectivity index (χ4v) is 1.40. The fourth-order valence-electron chi connectivity index (χ4n) is 1.40. The molecule has 0 aromatic carbocycles. The van der Waals surface area contributed by atoms with Crippen LogP contribution >= 0.6 is 0 Å². The van der Waals surface area contributed by atoms with Gasteiger partial charge >= 0.3 is 5.69 Å². The molecule has 2 N–H and O–H groups in total. The van der Waals surface area contributed by atoms with Crippen LogP contribution in [0.15, 0.2) is 28.0 Å². The summed E-state index contributed by atoms with van der Waals surface area (Å²) in [5, 5.41) is 0. The maximum absolute atomic E-state index is 11.0. The summed E-state index contributed by atoms with van der Waals surface area (Å²) in [6.07, 6.45) is 3.18. The second-order valence-electron chi connectivity index (χ2n) is 3.06. The van der Waals surface area contributed by atoms with Crippen LogP contribution in [-0.4, -0.2) is 24.3 Å². The summed E-state index contributed by atoms with van der Waals surface area (Å²) >= 11 is 0. The number of imidazole rings is 1. The van der Waals surface area contributed by atoms with Gasteiger partial charge in [-0.2, -0.15) is 9.97 Å². The molecule has 3 rings (SSSR count). The van der Waals surface area contributed by atoms with Crippen molar-refractivity contribution in [1.29, 1.82) is 0 Å². The Morgan fingerprint density at radius 3 is 2.93 bits per heavy atom. The van der Waals surface area contributed by atoms with Crippen LogP contribution in [-0.2, 0) is 0 Å². The maximum atomic E-state index is 11.0. The van der Waals surface area contributed by atoms with E-state index in [2.05, 4.69) is 19.9 Å². The average molecular weight is 203 g/mol. The van der Waals surface area contributed by atoms with Crippen molar-refractivity contribution in [2.24, 2.45) is 0 Å². The van der Waals surface area contributed by atoms with E-state index in [4.69, 9.17) is 0 Å². The van der Waals surface area contributed by atoms with Crippen molar-refractivity contribution in [3.63, 3.8) is 0 Å². The SMILES string of the molecule is O=c1ccn2cc3[nH]c(=O)[nH]c3nc2n1. The first-order chi connectivity index (χ1) is 7.22. The molecule has 0 aliphatic carbocycles. The molecule has 0 saturated carbocycles. The number of nitrogens with zero attached hydrogens (tertiary/aromatic N) is 3. The van der Waals surface area contributed by atoms with Crippen LogP contribution < -0.4 is 11.2 Å². The molecular weight excluding hydrogens is 198 g/mol. The van der Waals surface area contributed by atoms with E-state index in [1.54, 1.807) is 16.8 Å². The lowest BCUT2D eigenvalue weighted by molar-refractivity contribution is 1.03. The van der Waals surface area contributed by atoms with Gasteiger partial charge in [0.05, 0.1) is 0 Å². The van der Waals surface area contributed by atoms with Gasteiger partial charge < -0.3 is 4.98 Å². The number of rotatable bonds is 0. The first-order valence-electron chi connectivity index (χ1n) is 4.20. The minimum atomic E-state index is -0.361. The Morgan fingerprint density at radius 1 is 1.20 bits per heavy atom. The van der Waals surface area contributed by atoms with E-state index in [1.165, 1.54) is 6.07 Å². The third-order valence-corrected chi connectivity index (χ3v) is 2.03. The van der Waals surface area contributed by atoms with E-state index in [9.17, 15) is 9.59 Å². The Morgan fingerprint density at radius 2 is 2.07 bits per heavy atom. The number of hydrogen-bond donors (Lipinski definition) is 2. The molecule has 7 heteroatoms. The molecule has 3 aromatic heterocycles. The number of aromatic nitrogens is 5. The van der Waals surface area contributed by atoms with Crippen molar-refractivity contribution in [2.45, 2.75) is 0 Å². The van der Waals surface area contributed by atoms with Gasteiger partial charge in [-0.15, -0.1) is 0 Å². The van der Waals surface area contributed by atoms with Gasteiger partial charge in [0.15, 0.2) is 5.65 Å². The number of fused-ring (bicyclic) bond motifs is 2. The zero-order valence-corrected chi connectivity index (χ0v) is 7.39. The molecule has 7 nitrogen and oxygen atoms in total. The highest BCUT2D eigenvalue weighted by Gasteiger charge is 2.02. The largest absolute Gasteiger partial charge is 0.325 e. The maximum Gasteiger partial charge on any atom is 0.325 e. The van der Waals surface area contributed by atoms with E-state index in [0.29, 0.717) is 11.2 Å². The predicted molar refractivity (Wildman–Crippen MR) is 51.7 cm³/mol. The van der Waals surface area contributed by atoms with Crippen LogP contribution in [0.1, 0.15) is 0 Å². The molecule has 3 heterocycles. The van der Waals surface area contributed by atoms with Crippen LogP contribution in [0, 0.1) is 0 Å². The summed E-state index contributed by atoms with van der Waals surface area (Å²) in [4.78, 5) is 34.7. The highest BCUT2D eigenvalue weighted by molar-refractivity contribution is 5.70. The minimum Gasteiger partial charge on any atom is -0.303 e. The standard InChI is InChI=1S/C8H5N5O2/c14-5-1-2-13-3-4-6(11-7(13)10-5)12-8(15)9-4/h1-3H,(H2,9,10,11,12,14,15). The van der Waals surface area contributed by atoms with Gasteiger partial charge in [0.1, 0.15) is 5.52 Å². The third-order valence-electron chi connectivity index (χ3n) is 2.03. The molecule has 0 spiro atoms. The van der Waals surface area contributed by atoms with Gasteiger partial charge in [-0.3, -0.25) is 14.2 Å². The van der Waals surface area contributed by atoms with Crippen LogP contribution in [0.4, 0.5) is 0 Å². The molecular formula is C8H5N5O2. The molecule has 0 saturated heterocycles. The molecule has 0 bridgehead atoms. The Hall–Kier alpha value is -2.44. The normalized spacial score (nSPS) is 11.2. The van der Waals surface area contributed by atoms with Crippen molar-refractivity contribution in [2.75, 3.05) is 0 Å². The molecule has 15 heavy (non-hydrogen) atoms. The van der Waals surface area contributed by atoms with Gasteiger partial charge in [0.25, 0.3) is 5.56 Å². The van der Waals surface area contributed by atoms with E-state index in [-0.39, 0.29) is 17.0 Å². The first kappa shape index (κ1) is 7.92. The van der Waals surface area contributed by atoms with Crippen molar-refractivity contribution in [3.05, 3.63) is 39.3 Å². The van der Waals surface area contributed by atoms with Crippen LogP contribution in [0.3, 0.4) is 0 Å². The predicted octanol–water partition coefficient (Wildman–Crippen LogP) is -0.741. The molecule has 0 aliphatic heterocycles. The molecule has 0 unspecified atom stereocenters. The van der Waals surface area contributed by atoms with Crippen molar-refractivity contribution >= 4 is 16.9 Å². The molecule has 0 aliphatic rings. The third kappa shape index (κ3) is 1.13. The number of H-pyrrole nitrogens is 2. The Balaban J connectivity index is 2.57. The summed E-state index contributed by atoms with van der Waals surface area (Å²) in [5.74, 6) is 0.255. The minimum absolute atomic E-state index is 0.255. The smallest absolute Gasteiger partial charge is 0.303 e. The van der Waals surface area contributed by atoms with Gasteiger partial charge in [-0.25, -0.2) is 4.79 Å². The second-order valence-corrected chi connectivity index (χ2v) is 3.06. The quantitative estimate of drug-likeness (QED) is 0.503. The fraction of sp³-hybridized carbons (Fsp3) is 0. The van der Waals surface area contributed by atoms with Crippen LogP contribution in [0.25, 0.3) is 16.9 Å². The van der Waals surface area contributed by atoms with Crippen molar-refractivity contribution < 1.29 is 0 Å². The van der Waals surface area contributed by atoms with Crippen LogP contribution in [0.2, 0.25) is 0 Å². The highest BCUT2D eigenvalue weighted by atomic mass is 16.1. The van der Waals surface area contributed by atoms with Gasteiger partial charge in [0, 0.05) is 18.5 Å². The number of nitrogens with one attached hydrogen (secondary N) is 2. The summed E-state index contributed by atoms with van der Waals surface area (Å²) in [7, 11) is 0. The topological polar surface area (TPSA) is 95.9 Å². The van der Waals surface area contributed by atoms with Crippen molar-refractivity contribution in [3.8, 4) is 0 Å². The molecule has 0 radical (unpaired) electrons. The number of hydrogen-bond acceptors (Lipinski definition) is 4. The van der Waals surface area contributed by atoms with Gasteiger partial charge in [0.2, 0.25) is 5.78 Å². The van der Waals surface area contributed by atoms with E-state index >= 15 is 0 Å². The number of aromatic amines is 2.